The van der Waals surface area contributed by atoms with Crippen LogP contribution in [0.1, 0.15) is 15.9 Å². The molecule has 1 aliphatic heterocycles. The molecule has 0 radical (unpaired) electrons. The van der Waals surface area contributed by atoms with Crippen LogP contribution in [0.2, 0.25) is 0 Å². The van der Waals surface area contributed by atoms with E-state index in [2.05, 4.69) is 32.3 Å². The largest absolute Gasteiger partial charge is 0.357 e. The molecule has 0 spiro atoms. The summed E-state index contributed by atoms with van der Waals surface area (Å²) in [4.78, 5) is 39.6. The number of amides is 2. The molecule has 1 saturated heterocycles. The quantitative estimate of drug-likeness (QED) is 0.773. The summed E-state index contributed by atoms with van der Waals surface area (Å²) in [6.45, 7) is 2.57. The van der Waals surface area contributed by atoms with Gasteiger partial charge >= 0.3 is 0 Å². The van der Waals surface area contributed by atoms with Gasteiger partial charge in [0.25, 0.3) is 5.91 Å². The molecule has 0 saturated carbocycles. The molecule has 8 nitrogen and oxygen atoms in total. The highest BCUT2D eigenvalue weighted by atomic mass is 16.2. The minimum atomic E-state index is -0.537. The molecule has 0 aliphatic carbocycles. The van der Waals surface area contributed by atoms with Crippen molar-refractivity contribution in [2.45, 2.75) is 12.5 Å². The minimum absolute atomic E-state index is 0.159. The van der Waals surface area contributed by atoms with Gasteiger partial charge in [-0.25, -0.2) is 9.97 Å². The number of carbonyl (C=O) groups is 2. The Labute approximate surface area is 171 Å². The number of piperazine rings is 1. The Morgan fingerprint density at radius 3 is 2.45 bits per heavy atom. The summed E-state index contributed by atoms with van der Waals surface area (Å²) in [7, 11) is 5.28. The van der Waals surface area contributed by atoms with Crippen LogP contribution in [-0.2, 0) is 11.2 Å². The average Bonchev–Trinajstić information content (AvgIpc) is 2.77. The third-order valence-electron chi connectivity index (χ3n) is 5.12. The molecule has 2 amide bonds. The zero-order valence-electron chi connectivity index (χ0n) is 17.2. The van der Waals surface area contributed by atoms with E-state index in [1.165, 1.54) is 18.0 Å². The van der Waals surface area contributed by atoms with E-state index < -0.39 is 6.04 Å². The second-order valence-corrected chi connectivity index (χ2v) is 7.33. The molecule has 2 heterocycles. The van der Waals surface area contributed by atoms with Crippen LogP contribution in [0.25, 0.3) is 0 Å². The fourth-order valence-corrected chi connectivity index (χ4v) is 3.44. The van der Waals surface area contributed by atoms with Gasteiger partial charge in [-0.1, -0.05) is 30.3 Å². The Hall–Kier alpha value is -3.00. The van der Waals surface area contributed by atoms with Crippen molar-refractivity contribution in [2.75, 3.05) is 52.2 Å². The monoisotopic (exact) mass is 396 g/mol. The third kappa shape index (κ3) is 5.08. The molecule has 154 valence electrons. The van der Waals surface area contributed by atoms with Gasteiger partial charge in [0, 0.05) is 59.7 Å². The standard InChI is InChI=1S/C21H28N6O2/c1-22-19(28)18-15-26(10-9-16-7-5-4-6-8-16)11-12-27(18)20(29)17-13-23-21(24-14-17)25(2)3/h4-8,13-14,18H,9-12,15H2,1-3H3,(H,22,28). The Bertz CT molecular complexity index is 825. The summed E-state index contributed by atoms with van der Waals surface area (Å²) in [6.07, 6.45) is 3.95. The van der Waals surface area contributed by atoms with Crippen molar-refractivity contribution in [3.8, 4) is 0 Å². The molecule has 1 aliphatic rings. The Morgan fingerprint density at radius 2 is 1.83 bits per heavy atom. The molecule has 2 aromatic rings. The highest BCUT2D eigenvalue weighted by molar-refractivity contribution is 5.97. The van der Waals surface area contributed by atoms with Crippen LogP contribution in [0, 0.1) is 0 Å². The number of nitrogens with zero attached hydrogens (tertiary/aromatic N) is 5. The Balaban J connectivity index is 1.68. The normalized spacial score (nSPS) is 17.1. The number of hydrogen-bond donors (Lipinski definition) is 1. The van der Waals surface area contributed by atoms with Crippen LogP contribution in [0.4, 0.5) is 5.95 Å². The molecule has 1 aromatic carbocycles. The number of benzene rings is 1. The molecule has 1 atom stereocenters. The Kier molecular flexibility index (Phi) is 6.77. The van der Waals surface area contributed by atoms with Crippen LogP contribution in [-0.4, -0.2) is 84.9 Å². The summed E-state index contributed by atoms with van der Waals surface area (Å²) in [5.41, 5.74) is 1.66. The summed E-state index contributed by atoms with van der Waals surface area (Å²) in [6, 6.07) is 9.74. The number of anilines is 1. The number of likely N-dealkylation sites (N-methyl/N-ethyl adjacent to an activating group) is 1. The van der Waals surface area contributed by atoms with Gasteiger partial charge < -0.3 is 15.1 Å². The third-order valence-corrected chi connectivity index (χ3v) is 5.12. The second kappa shape index (κ2) is 9.47. The topological polar surface area (TPSA) is 81.7 Å². The van der Waals surface area contributed by atoms with E-state index in [-0.39, 0.29) is 11.8 Å². The maximum atomic E-state index is 13.0. The van der Waals surface area contributed by atoms with Crippen molar-refractivity contribution < 1.29 is 9.59 Å². The van der Waals surface area contributed by atoms with Gasteiger partial charge in [-0.3, -0.25) is 14.5 Å². The molecule has 1 fully saturated rings. The lowest BCUT2D eigenvalue weighted by Crippen LogP contribution is -2.60. The minimum Gasteiger partial charge on any atom is -0.357 e. The first-order valence-corrected chi connectivity index (χ1v) is 9.78. The van der Waals surface area contributed by atoms with Crippen molar-refractivity contribution in [2.24, 2.45) is 0 Å². The molecule has 1 unspecified atom stereocenters. The maximum Gasteiger partial charge on any atom is 0.257 e. The summed E-state index contributed by atoms with van der Waals surface area (Å²) in [5.74, 6) is 0.162. The molecule has 8 heteroatoms. The van der Waals surface area contributed by atoms with Crippen molar-refractivity contribution in [1.82, 2.24) is 25.1 Å². The SMILES string of the molecule is CNC(=O)C1CN(CCc2ccccc2)CCN1C(=O)c1cnc(N(C)C)nc1. The van der Waals surface area contributed by atoms with E-state index in [0.717, 1.165) is 19.5 Å². The van der Waals surface area contributed by atoms with E-state index in [1.54, 1.807) is 16.8 Å². The lowest BCUT2D eigenvalue weighted by Gasteiger charge is -2.40. The number of carbonyl (C=O) groups excluding carboxylic acids is 2. The first-order chi connectivity index (χ1) is 14.0. The fraction of sp³-hybridized carbons (Fsp3) is 0.429. The Morgan fingerprint density at radius 1 is 1.14 bits per heavy atom. The highest BCUT2D eigenvalue weighted by Gasteiger charge is 2.35. The number of hydrogen-bond acceptors (Lipinski definition) is 6. The van der Waals surface area contributed by atoms with Gasteiger partial charge in [-0.2, -0.15) is 0 Å². The molecule has 3 rings (SSSR count). The molecule has 1 N–H and O–H groups in total. The predicted octanol–water partition coefficient (Wildman–Crippen LogP) is 0.658. The van der Waals surface area contributed by atoms with Gasteiger partial charge in [0.2, 0.25) is 11.9 Å². The van der Waals surface area contributed by atoms with Crippen molar-refractivity contribution >= 4 is 17.8 Å². The zero-order valence-corrected chi connectivity index (χ0v) is 17.2. The van der Waals surface area contributed by atoms with Gasteiger partial charge in [0.05, 0.1) is 5.56 Å². The average molecular weight is 396 g/mol. The van der Waals surface area contributed by atoms with Gasteiger partial charge in [-0.05, 0) is 12.0 Å². The lowest BCUT2D eigenvalue weighted by molar-refractivity contribution is -0.127. The van der Waals surface area contributed by atoms with Crippen molar-refractivity contribution in [1.29, 1.82) is 0 Å². The van der Waals surface area contributed by atoms with E-state index >= 15 is 0 Å². The number of nitrogens with one attached hydrogen (secondary N) is 1. The zero-order chi connectivity index (χ0) is 20.8. The van der Waals surface area contributed by atoms with Crippen molar-refractivity contribution in [3.63, 3.8) is 0 Å². The van der Waals surface area contributed by atoms with E-state index in [4.69, 9.17) is 0 Å². The second-order valence-electron chi connectivity index (χ2n) is 7.33. The molecular formula is C21H28N6O2. The highest BCUT2D eigenvalue weighted by Crippen LogP contribution is 2.16. The lowest BCUT2D eigenvalue weighted by atomic mass is 10.1. The smallest absolute Gasteiger partial charge is 0.257 e. The van der Waals surface area contributed by atoms with Crippen LogP contribution in [0.5, 0.6) is 0 Å². The van der Waals surface area contributed by atoms with Crippen molar-refractivity contribution in [3.05, 3.63) is 53.9 Å². The predicted molar refractivity (Wildman–Crippen MR) is 112 cm³/mol. The van der Waals surface area contributed by atoms with Gasteiger partial charge in [0.1, 0.15) is 6.04 Å². The molecule has 1 aromatic heterocycles. The van der Waals surface area contributed by atoms with Crippen LogP contribution in [0.15, 0.2) is 42.7 Å². The van der Waals surface area contributed by atoms with Crippen LogP contribution >= 0.6 is 0 Å². The van der Waals surface area contributed by atoms with E-state index in [9.17, 15) is 9.59 Å². The number of rotatable bonds is 6. The molecule has 0 bridgehead atoms. The van der Waals surface area contributed by atoms with Crippen LogP contribution in [0.3, 0.4) is 0 Å². The van der Waals surface area contributed by atoms with Gasteiger partial charge in [0.15, 0.2) is 0 Å². The summed E-state index contributed by atoms with van der Waals surface area (Å²) < 4.78 is 0. The first kappa shape index (κ1) is 20.7. The molecular weight excluding hydrogens is 368 g/mol. The molecule has 29 heavy (non-hydrogen) atoms. The van der Waals surface area contributed by atoms with E-state index in [0.29, 0.717) is 24.6 Å². The van der Waals surface area contributed by atoms with E-state index in [1.807, 2.05) is 32.3 Å². The first-order valence-electron chi connectivity index (χ1n) is 9.78. The summed E-state index contributed by atoms with van der Waals surface area (Å²) >= 11 is 0. The fourth-order valence-electron chi connectivity index (χ4n) is 3.44. The maximum absolute atomic E-state index is 13.0. The summed E-state index contributed by atoms with van der Waals surface area (Å²) in [5, 5.41) is 2.69. The van der Waals surface area contributed by atoms with Crippen LogP contribution < -0.4 is 10.2 Å². The van der Waals surface area contributed by atoms with Gasteiger partial charge in [-0.15, -0.1) is 0 Å². The number of aromatic nitrogens is 2.